The lowest BCUT2D eigenvalue weighted by molar-refractivity contribution is 0.122. The predicted molar refractivity (Wildman–Crippen MR) is 117 cm³/mol. The Morgan fingerprint density at radius 3 is 2.79 bits per heavy atom. The summed E-state index contributed by atoms with van der Waals surface area (Å²) in [6.07, 6.45) is 1.85. The number of hydrogen-bond donors (Lipinski definition) is 0. The first-order valence-electron chi connectivity index (χ1n) is 10.2. The maximum atomic E-state index is 5.89. The van der Waals surface area contributed by atoms with Crippen molar-refractivity contribution in [3.8, 4) is 5.75 Å². The minimum Gasteiger partial charge on any atom is -0.496 e. The lowest BCUT2D eigenvalue weighted by Gasteiger charge is -2.31. The smallest absolute Gasteiger partial charge is 0.160 e. The summed E-state index contributed by atoms with van der Waals surface area (Å²) in [6, 6.07) is 12.8. The van der Waals surface area contributed by atoms with Crippen molar-refractivity contribution in [3.05, 3.63) is 53.9 Å². The Bertz CT molecular complexity index is 901. The molecule has 1 aromatic carbocycles. The van der Waals surface area contributed by atoms with Gasteiger partial charge in [-0.05, 0) is 18.2 Å². The van der Waals surface area contributed by atoms with E-state index in [0.717, 1.165) is 49.5 Å². The SMILES string of the molecule is COc1cc(N2CCOCC2)ccc1[C@@H]1[C@@H](c2ccccn2)N=C2S[C@H](C)CN21. The zero-order valence-electron chi connectivity index (χ0n) is 16.8. The second-order valence-corrected chi connectivity index (χ2v) is 9.07. The largest absolute Gasteiger partial charge is 0.496 e. The van der Waals surface area contributed by atoms with Gasteiger partial charge in [0.05, 0.1) is 32.1 Å². The molecule has 152 valence electrons. The zero-order chi connectivity index (χ0) is 19.8. The van der Waals surface area contributed by atoms with Crippen LogP contribution < -0.4 is 9.64 Å². The Morgan fingerprint density at radius 1 is 1.17 bits per heavy atom. The summed E-state index contributed by atoms with van der Waals surface area (Å²) < 4.78 is 11.4. The van der Waals surface area contributed by atoms with Crippen LogP contribution in [0.2, 0.25) is 0 Å². The first-order chi connectivity index (χ1) is 14.2. The summed E-state index contributed by atoms with van der Waals surface area (Å²) in [5.41, 5.74) is 3.37. The van der Waals surface area contributed by atoms with Crippen LogP contribution >= 0.6 is 11.8 Å². The highest BCUT2D eigenvalue weighted by molar-refractivity contribution is 8.14. The van der Waals surface area contributed by atoms with E-state index in [9.17, 15) is 0 Å². The molecular weight excluding hydrogens is 384 g/mol. The van der Waals surface area contributed by atoms with Gasteiger partial charge in [0.2, 0.25) is 0 Å². The number of amidine groups is 1. The fourth-order valence-corrected chi connectivity index (χ4v) is 5.51. The number of aliphatic imine (C=N–C) groups is 1. The highest BCUT2D eigenvalue weighted by atomic mass is 32.2. The van der Waals surface area contributed by atoms with E-state index in [4.69, 9.17) is 14.5 Å². The Morgan fingerprint density at radius 2 is 2.03 bits per heavy atom. The molecule has 2 aromatic rings. The molecule has 0 radical (unpaired) electrons. The summed E-state index contributed by atoms with van der Waals surface area (Å²) in [4.78, 5) is 14.5. The highest BCUT2D eigenvalue weighted by Crippen LogP contribution is 2.49. The molecule has 1 aromatic heterocycles. The van der Waals surface area contributed by atoms with E-state index in [0.29, 0.717) is 5.25 Å². The van der Waals surface area contributed by atoms with Gasteiger partial charge < -0.3 is 19.3 Å². The van der Waals surface area contributed by atoms with Crippen molar-refractivity contribution >= 4 is 22.6 Å². The Kier molecular flexibility index (Phi) is 5.09. The summed E-state index contributed by atoms with van der Waals surface area (Å²) in [5.74, 6) is 0.918. The number of nitrogens with zero attached hydrogens (tertiary/aromatic N) is 4. The number of aromatic nitrogens is 1. The third kappa shape index (κ3) is 3.46. The molecule has 2 fully saturated rings. The molecule has 0 spiro atoms. The van der Waals surface area contributed by atoms with Crippen LogP contribution in [-0.4, -0.2) is 60.3 Å². The van der Waals surface area contributed by atoms with Gasteiger partial charge in [-0.1, -0.05) is 30.8 Å². The van der Waals surface area contributed by atoms with Gasteiger partial charge in [0.15, 0.2) is 5.17 Å². The number of benzene rings is 1. The third-order valence-corrected chi connectivity index (χ3v) is 6.90. The van der Waals surface area contributed by atoms with Gasteiger partial charge in [-0.15, -0.1) is 0 Å². The fraction of sp³-hybridized carbons (Fsp3) is 0.455. The number of rotatable bonds is 4. The van der Waals surface area contributed by atoms with Crippen LogP contribution in [0.1, 0.15) is 30.3 Å². The molecule has 0 unspecified atom stereocenters. The van der Waals surface area contributed by atoms with Crippen LogP contribution in [0.25, 0.3) is 0 Å². The van der Waals surface area contributed by atoms with Gasteiger partial charge in [0.25, 0.3) is 0 Å². The van der Waals surface area contributed by atoms with Crippen molar-refractivity contribution in [3.63, 3.8) is 0 Å². The second-order valence-electron chi connectivity index (χ2n) is 7.66. The van der Waals surface area contributed by atoms with Crippen LogP contribution in [-0.2, 0) is 4.74 Å². The van der Waals surface area contributed by atoms with E-state index >= 15 is 0 Å². The van der Waals surface area contributed by atoms with Crippen molar-refractivity contribution in [2.45, 2.75) is 24.3 Å². The van der Waals surface area contributed by atoms with Crippen LogP contribution in [0.5, 0.6) is 5.75 Å². The molecule has 0 aliphatic carbocycles. The molecule has 7 heteroatoms. The second kappa shape index (κ2) is 7.88. The molecule has 3 atom stereocenters. The summed E-state index contributed by atoms with van der Waals surface area (Å²) in [6.45, 7) is 6.62. The highest BCUT2D eigenvalue weighted by Gasteiger charge is 2.44. The molecule has 3 aliphatic heterocycles. The predicted octanol–water partition coefficient (Wildman–Crippen LogP) is 3.52. The molecule has 0 amide bonds. The number of pyridine rings is 1. The Labute approximate surface area is 175 Å². The average molecular weight is 411 g/mol. The monoisotopic (exact) mass is 410 g/mol. The average Bonchev–Trinajstić information content (AvgIpc) is 3.30. The molecule has 3 aliphatic rings. The molecule has 0 bridgehead atoms. The minimum absolute atomic E-state index is 0.0191. The number of thioether (sulfide) groups is 1. The van der Waals surface area contributed by atoms with Gasteiger partial charge in [-0.25, -0.2) is 0 Å². The zero-order valence-corrected chi connectivity index (χ0v) is 17.6. The minimum atomic E-state index is -0.0191. The van der Waals surface area contributed by atoms with Crippen molar-refractivity contribution in [2.75, 3.05) is 44.9 Å². The van der Waals surface area contributed by atoms with E-state index in [2.05, 4.69) is 46.0 Å². The maximum absolute atomic E-state index is 5.89. The number of methoxy groups -OCH3 is 1. The van der Waals surface area contributed by atoms with Gasteiger partial charge >= 0.3 is 0 Å². The van der Waals surface area contributed by atoms with Crippen LogP contribution in [0.3, 0.4) is 0 Å². The maximum Gasteiger partial charge on any atom is 0.160 e. The van der Waals surface area contributed by atoms with Gasteiger partial charge in [-0.3, -0.25) is 9.98 Å². The molecular formula is C22H26N4O2S. The van der Waals surface area contributed by atoms with Crippen molar-refractivity contribution in [1.82, 2.24) is 9.88 Å². The molecule has 4 heterocycles. The lowest BCUT2D eigenvalue weighted by Crippen LogP contribution is -2.36. The molecule has 0 N–H and O–H groups in total. The number of fused-ring (bicyclic) bond motifs is 1. The van der Waals surface area contributed by atoms with Crippen molar-refractivity contribution < 1.29 is 9.47 Å². The van der Waals surface area contributed by atoms with Crippen molar-refractivity contribution in [2.24, 2.45) is 4.99 Å². The number of morpholine rings is 1. The summed E-state index contributed by atoms with van der Waals surface area (Å²) in [7, 11) is 1.76. The summed E-state index contributed by atoms with van der Waals surface area (Å²) in [5, 5.41) is 1.66. The van der Waals surface area contributed by atoms with Crippen LogP contribution in [0.15, 0.2) is 47.6 Å². The number of hydrogen-bond acceptors (Lipinski definition) is 7. The topological polar surface area (TPSA) is 50.2 Å². The fourth-order valence-electron chi connectivity index (χ4n) is 4.42. The van der Waals surface area contributed by atoms with Gasteiger partial charge in [0, 0.05) is 48.4 Å². The number of ether oxygens (including phenoxy) is 2. The molecule has 29 heavy (non-hydrogen) atoms. The van der Waals surface area contributed by atoms with E-state index in [1.165, 1.54) is 11.3 Å². The molecule has 0 saturated carbocycles. The Hall–Kier alpha value is -2.25. The van der Waals surface area contributed by atoms with Crippen LogP contribution in [0.4, 0.5) is 5.69 Å². The van der Waals surface area contributed by atoms with Crippen LogP contribution in [0, 0.1) is 0 Å². The summed E-state index contributed by atoms with van der Waals surface area (Å²) >= 11 is 1.86. The first-order valence-corrected chi connectivity index (χ1v) is 11.0. The number of anilines is 1. The van der Waals surface area contributed by atoms with Crippen molar-refractivity contribution in [1.29, 1.82) is 0 Å². The van der Waals surface area contributed by atoms with E-state index < -0.39 is 0 Å². The lowest BCUT2D eigenvalue weighted by atomic mass is 9.95. The van der Waals surface area contributed by atoms with Gasteiger partial charge in [0.1, 0.15) is 11.8 Å². The standard InChI is InChI=1S/C22H26N4O2S/c1-15-14-26-21(20(24-22(26)29-15)18-5-3-4-8-23-18)17-7-6-16(13-19(17)27-2)25-9-11-28-12-10-25/h3-8,13,15,20-21H,9-12,14H2,1-2H3/t15-,20-,21-/m1/s1. The first kappa shape index (κ1) is 18.8. The van der Waals surface area contributed by atoms with E-state index in [-0.39, 0.29) is 12.1 Å². The quantitative estimate of drug-likeness (QED) is 0.769. The normalized spacial score (nSPS) is 26.4. The molecule has 6 nitrogen and oxygen atoms in total. The molecule has 2 saturated heterocycles. The van der Waals surface area contributed by atoms with E-state index in [1.54, 1.807) is 7.11 Å². The van der Waals surface area contributed by atoms with Gasteiger partial charge in [-0.2, -0.15) is 0 Å². The van der Waals surface area contributed by atoms with E-state index in [1.807, 2.05) is 30.1 Å². The Balaban J connectivity index is 1.53. The molecule has 5 rings (SSSR count). The third-order valence-electron chi connectivity index (χ3n) is 5.79.